The highest BCUT2D eigenvalue weighted by Gasteiger charge is 2.33. The van der Waals surface area contributed by atoms with Gasteiger partial charge >= 0.3 is 5.97 Å². The maximum atomic E-state index is 12.1. The monoisotopic (exact) mass is 287 g/mol. The van der Waals surface area contributed by atoms with Crippen LogP contribution in [0.1, 0.15) is 24.8 Å². The van der Waals surface area contributed by atoms with Crippen molar-refractivity contribution in [2.45, 2.75) is 25.7 Å². The topological polar surface area (TPSA) is 66.4 Å². The second kappa shape index (κ2) is 7.62. The third-order valence-corrected chi connectivity index (χ3v) is 3.87. The highest BCUT2D eigenvalue weighted by Crippen LogP contribution is 2.25. The highest BCUT2D eigenvalue weighted by molar-refractivity contribution is 5.85. The Labute approximate surface area is 124 Å². The van der Waals surface area contributed by atoms with Crippen LogP contribution in [0.5, 0.6) is 0 Å². The number of aryl methyl sites for hydroxylation is 1. The number of hydrogen-bond acceptors (Lipinski definition) is 2. The molecular weight excluding hydrogens is 266 g/mol. The van der Waals surface area contributed by atoms with Gasteiger partial charge in [-0.1, -0.05) is 42.5 Å². The quantitative estimate of drug-likeness (QED) is 0.623. The average Bonchev–Trinajstić information content (AvgIpc) is 2.52. The molecule has 0 radical (unpaired) electrons. The molecule has 1 amide bonds. The van der Waals surface area contributed by atoms with Crippen molar-refractivity contribution >= 4 is 11.9 Å². The summed E-state index contributed by atoms with van der Waals surface area (Å²) < 4.78 is 0. The summed E-state index contributed by atoms with van der Waals surface area (Å²) in [5.41, 5.74) is 1.25. The van der Waals surface area contributed by atoms with E-state index in [1.165, 1.54) is 5.56 Å². The molecule has 4 nitrogen and oxygen atoms in total. The number of carboxylic acid groups (broad SMARTS) is 1. The van der Waals surface area contributed by atoms with Crippen LogP contribution in [0.3, 0.4) is 0 Å². The molecule has 2 atom stereocenters. The number of carbonyl (C=O) groups is 2. The van der Waals surface area contributed by atoms with Crippen molar-refractivity contribution in [3.8, 4) is 0 Å². The van der Waals surface area contributed by atoms with Crippen molar-refractivity contribution < 1.29 is 14.7 Å². The van der Waals surface area contributed by atoms with Crippen molar-refractivity contribution in [2.75, 3.05) is 6.54 Å². The third kappa shape index (κ3) is 4.45. The molecule has 1 aliphatic rings. The number of benzene rings is 1. The van der Waals surface area contributed by atoms with Crippen LogP contribution in [0, 0.1) is 11.8 Å². The van der Waals surface area contributed by atoms with Gasteiger partial charge in [0.2, 0.25) is 5.91 Å². The molecule has 0 saturated carbocycles. The number of allylic oxidation sites excluding steroid dienone is 2. The Morgan fingerprint density at radius 1 is 1.10 bits per heavy atom. The van der Waals surface area contributed by atoms with Crippen LogP contribution >= 0.6 is 0 Å². The van der Waals surface area contributed by atoms with E-state index in [1.54, 1.807) is 0 Å². The van der Waals surface area contributed by atoms with E-state index in [4.69, 9.17) is 5.11 Å². The minimum Gasteiger partial charge on any atom is -0.481 e. The minimum absolute atomic E-state index is 0.139. The Bertz CT molecular complexity index is 510. The molecule has 0 saturated heterocycles. The van der Waals surface area contributed by atoms with Gasteiger partial charge in [0.05, 0.1) is 11.8 Å². The van der Waals surface area contributed by atoms with E-state index in [1.807, 2.05) is 30.4 Å². The molecule has 4 heteroatoms. The fourth-order valence-electron chi connectivity index (χ4n) is 2.66. The summed E-state index contributed by atoms with van der Waals surface area (Å²) in [7, 11) is 0. The fraction of sp³-hybridized carbons (Fsp3) is 0.412. The van der Waals surface area contributed by atoms with Gasteiger partial charge in [0.25, 0.3) is 0 Å². The molecular formula is C17H21NO3. The van der Waals surface area contributed by atoms with Gasteiger partial charge in [-0.2, -0.15) is 0 Å². The second-order valence-electron chi connectivity index (χ2n) is 5.37. The van der Waals surface area contributed by atoms with Crippen molar-refractivity contribution in [1.82, 2.24) is 5.32 Å². The molecule has 2 rings (SSSR count). The van der Waals surface area contributed by atoms with Crippen molar-refractivity contribution in [3.05, 3.63) is 48.0 Å². The Morgan fingerprint density at radius 3 is 2.43 bits per heavy atom. The van der Waals surface area contributed by atoms with E-state index in [-0.39, 0.29) is 5.91 Å². The normalized spacial score (nSPS) is 21.0. The zero-order chi connectivity index (χ0) is 15.1. The van der Waals surface area contributed by atoms with E-state index in [0.717, 1.165) is 12.8 Å². The zero-order valence-corrected chi connectivity index (χ0v) is 12.0. The summed E-state index contributed by atoms with van der Waals surface area (Å²) >= 11 is 0. The van der Waals surface area contributed by atoms with E-state index in [9.17, 15) is 9.59 Å². The molecule has 0 bridgehead atoms. The zero-order valence-electron chi connectivity index (χ0n) is 12.0. The van der Waals surface area contributed by atoms with Crippen molar-refractivity contribution in [1.29, 1.82) is 0 Å². The highest BCUT2D eigenvalue weighted by atomic mass is 16.4. The maximum Gasteiger partial charge on any atom is 0.307 e. The lowest BCUT2D eigenvalue weighted by atomic mass is 9.82. The van der Waals surface area contributed by atoms with Gasteiger partial charge in [0.1, 0.15) is 0 Å². The molecule has 0 unspecified atom stereocenters. The van der Waals surface area contributed by atoms with Gasteiger partial charge in [-0.25, -0.2) is 0 Å². The largest absolute Gasteiger partial charge is 0.481 e. The van der Waals surface area contributed by atoms with Crippen LogP contribution in [0.25, 0.3) is 0 Å². The molecule has 0 fully saturated rings. The average molecular weight is 287 g/mol. The molecule has 0 aliphatic heterocycles. The summed E-state index contributed by atoms with van der Waals surface area (Å²) in [6.07, 6.45) is 6.47. The van der Waals surface area contributed by atoms with Crippen LogP contribution in [0.15, 0.2) is 42.5 Å². The van der Waals surface area contributed by atoms with Crippen LogP contribution in [0.4, 0.5) is 0 Å². The predicted molar refractivity (Wildman–Crippen MR) is 80.8 cm³/mol. The van der Waals surface area contributed by atoms with E-state index in [0.29, 0.717) is 19.4 Å². The lowest BCUT2D eigenvalue weighted by Crippen LogP contribution is -2.39. The first-order chi connectivity index (χ1) is 10.2. The number of aliphatic carboxylic acids is 1. The molecule has 1 aromatic rings. The minimum atomic E-state index is -0.885. The van der Waals surface area contributed by atoms with Gasteiger partial charge in [-0.3, -0.25) is 9.59 Å². The Morgan fingerprint density at radius 2 is 1.76 bits per heavy atom. The Balaban J connectivity index is 1.76. The SMILES string of the molecule is O=C(O)[C@H]1CC=CC[C@@H]1C(=O)NCCCc1ccccc1. The molecule has 2 N–H and O–H groups in total. The van der Waals surface area contributed by atoms with Crippen LogP contribution in [-0.2, 0) is 16.0 Å². The summed E-state index contributed by atoms with van der Waals surface area (Å²) in [5.74, 6) is -2.06. The smallest absolute Gasteiger partial charge is 0.307 e. The standard InChI is InChI=1S/C17H21NO3/c19-16(14-10-4-5-11-15(14)17(20)21)18-12-6-9-13-7-2-1-3-8-13/h1-5,7-8,14-15H,6,9-12H2,(H,18,19)(H,20,21)/t14-,15-/m0/s1. The molecule has 1 aliphatic carbocycles. The first-order valence-electron chi connectivity index (χ1n) is 7.38. The van der Waals surface area contributed by atoms with Gasteiger partial charge in [0.15, 0.2) is 0 Å². The fourth-order valence-corrected chi connectivity index (χ4v) is 2.66. The number of carboxylic acids is 1. The Kier molecular flexibility index (Phi) is 5.55. The van der Waals surface area contributed by atoms with E-state index in [2.05, 4.69) is 17.4 Å². The van der Waals surface area contributed by atoms with Crippen molar-refractivity contribution in [3.63, 3.8) is 0 Å². The summed E-state index contributed by atoms with van der Waals surface area (Å²) in [5, 5.41) is 12.0. The second-order valence-corrected chi connectivity index (χ2v) is 5.37. The molecule has 112 valence electrons. The van der Waals surface area contributed by atoms with Gasteiger partial charge in [-0.05, 0) is 31.2 Å². The lowest BCUT2D eigenvalue weighted by Gasteiger charge is -2.24. The van der Waals surface area contributed by atoms with Gasteiger partial charge < -0.3 is 10.4 Å². The molecule has 0 spiro atoms. The third-order valence-electron chi connectivity index (χ3n) is 3.87. The number of rotatable bonds is 6. The summed E-state index contributed by atoms with van der Waals surface area (Å²) in [6, 6.07) is 10.1. The van der Waals surface area contributed by atoms with Crippen LogP contribution < -0.4 is 5.32 Å². The number of amides is 1. The number of nitrogens with one attached hydrogen (secondary N) is 1. The Hall–Kier alpha value is -2.10. The number of hydrogen-bond donors (Lipinski definition) is 2. The summed E-state index contributed by atoms with van der Waals surface area (Å²) in [6.45, 7) is 0.584. The lowest BCUT2D eigenvalue weighted by molar-refractivity contribution is -0.147. The first-order valence-corrected chi connectivity index (χ1v) is 7.38. The molecule has 0 aromatic heterocycles. The van der Waals surface area contributed by atoms with E-state index < -0.39 is 17.8 Å². The maximum absolute atomic E-state index is 12.1. The molecule has 1 aromatic carbocycles. The van der Waals surface area contributed by atoms with Gasteiger partial charge in [0, 0.05) is 6.54 Å². The molecule has 21 heavy (non-hydrogen) atoms. The predicted octanol–water partition coefficient (Wildman–Crippen LogP) is 2.40. The van der Waals surface area contributed by atoms with E-state index >= 15 is 0 Å². The summed E-state index contributed by atoms with van der Waals surface area (Å²) in [4.78, 5) is 23.3. The van der Waals surface area contributed by atoms with Gasteiger partial charge in [-0.15, -0.1) is 0 Å². The van der Waals surface area contributed by atoms with Crippen molar-refractivity contribution in [2.24, 2.45) is 11.8 Å². The number of carbonyl (C=O) groups excluding carboxylic acids is 1. The van der Waals surface area contributed by atoms with Crippen LogP contribution in [0.2, 0.25) is 0 Å². The first kappa shape index (κ1) is 15.3. The van der Waals surface area contributed by atoms with Crippen LogP contribution in [-0.4, -0.2) is 23.5 Å². The molecule has 0 heterocycles.